The standard InChI is InChI=1S/C20H17N5O/c1-12-6-7-22-11-16(12)19-9-14(20(21)26)8-15-10-18(24-25(15)19)17-5-3-4-13(2)23-17/h3-11H,1-2H3,(H2,21,26). The zero-order valence-electron chi connectivity index (χ0n) is 14.5. The Morgan fingerprint density at radius 2 is 1.92 bits per heavy atom. The Balaban J connectivity index is 2.01. The van der Waals surface area contributed by atoms with E-state index in [1.54, 1.807) is 29.0 Å². The number of hydrogen-bond acceptors (Lipinski definition) is 4. The highest BCUT2D eigenvalue weighted by atomic mass is 16.1. The number of hydrogen-bond donors (Lipinski definition) is 1. The number of nitrogens with zero attached hydrogens (tertiary/aromatic N) is 4. The maximum Gasteiger partial charge on any atom is 0.248 e. The molecule has 0 aliphatic carbocycles. The van der Waals surface area contributed by atoms with E-state index < -0.39 is 5.91 Å². The van der Waals surface area contributed by atoms with Crippen LogP contribution in [0.2, 0.25) is 0 Å². The van der Waals surface area contributed by atoms with Crippen LogP contribution in [0.5, 0.6) is 0 Å². The van der Waals surface area contributed by atoms with Crippen LogP contribution in [0.15, 0.2) is 54.9 Å². The highest BCUT2D eigenvalue weighted by molar-refractivity contribution is 5.95. The van der Waals surface area contributed by atoms with Crippen molar-refractivity contribution in [3.8, 4) is 22.6 Å². The topological polar surface area (TPSA) is 86.2 Å². The van der Waals surface area contributed by atoms with Crippen LogP contribution in [0.4, 0.5) is 0 Å². The number of carbonyl (C=O) groups is 1. The van der Waals surface area contributed by atoms with Gasteiger partial charge in [-0.1, -0.05) is 6.07 Å². The van der Waals surface area contributed by atoms with E-state index in [0.29, 0.717) is 5.56 Å². The van der Waals surface area contributed by atoms with Crippen LogP contribution >= 0.6 is 0 Å². The van der Waals surface area contributed by atoms with E-state index in [2.05, 4.69) is 9.97 Å². The van der Waals surface area contributed by atoms with E-state index in [4.69, 9.17) is 10.8 Å². The Bertz CT molecular complexity index is 1150. The highest BCUT2D eigenvalue weighted by Gasteiger charge is 2.15. The van der Waals surface area contributed by atoms with Gasteiger partial charge >= 0.3 is 0 Å². The minimum atomic E-state index is -0.480. The van der Waals surface area contributed by atoms with E-state index in [9.17, 15) is 4.79 Å². The number of fused-ring (bicyclic) bond motifs is 1. The summed E-state index contributed by atoms with van der Waals surface area (Å²) in [6.07, 6.45) is 3.50. The van der Waals surface area contributed by atoms with Gasteiger partial charge < -0.3 is 5.73 Å². The van der Waals surface area contributed by atoms with Gasteiger partial charge in [0.1, 0.15) is 5.69 Å². The molecule has 0 aliphatic rings. The monoisotopic (exact) mass is 343 g/mol. The minimum Gasteiger partial charge on any atom is -0.366 e. The van der Waals surface area contributed by atoms with Crippen molar-refractivity contribution >= 4 is 11.4 Å². The van der Waals surface area contributed by atoms with Crippen LogP contribution in [0.3, 0.4) is 0 Å². The summed E-state index contributed by atoms with van der Waals surface area (Å²) in [4.78, 5) is 20.5. The molecule has 0 aliphatic heterocycles. The molecular weight excluding hydrogens is 326 g/mol. The fourth-order valence-electron chi connectivity index (χ4n) is 2.98. The Hall–Kier alpha value is -3.54. The number of aryl methyl sites for hydroxylation is 2. The molecule has 128 valence electrons. The van der Waals surface area contributed by atoms with Crippen molar-refractivity contribution in [2.75, 3.05) is 0 Å². The molecule has 1 amide bonds. The number of carbonyl (C=O) groups excluding carboxylic acids is 1. The smallest absolute Gasteiger partial charge is 0.248 e. The summed E-state index contributed by atoms with van der Waals surface area (Å²) in [5.74, 6) is -0.480. The quantitative estimate of drug-likeness (QED) is 0.619. The summed E-state index contributed by atoms with van der Waals surface area (Å²) in [6.45, 7) is 3.93. The number of aromatic nitrogens is 4. The van der Waals surface area contributed by atoms with Gasteiger partial charge in [-0.25, -0.2) is 4.52 Å². The molecule has 4 aromatic rings. The molecule has 6 heteroatoms. The third-order valence-electron chi connectivity index (χ3n) is 4.31. The molecule has 0 aromatic carbocycles. The van der Waals surface area contributed by atoms with Crippen molar-refractivity contribution in [1.82, 2.24) is 19.6 Å². The van der Waals surface area contributed by atoms with Gasteiger partial charge in [0.15, 0.2) is 0 Å². The molecule has 0 bridgehead atoms. The lowest BCUT2D eigenvalue weighted by Crippen LogP contribution is -2.12. The van der Waals surface area contributed by atoms with E-state index in [1.807, 2.05) is 44.2 Å². The third-order valence-corrected chi connectivity index (χ3v) is 4.31. The molecule has 0 unspecified atom stereocenters. The van der Waals surface area contributed by atoms with E-state index in [0.717, 1.165) is 39.4 Å². The predicted octanol–water partition coefficient (Wildman–Crippen LogP) is 3.17. The van der Waals surface area contributed by atoms with Crippen molar-refractivity contribution in [2.24, 2.45) is 5.73 Å². The minimum absolute atomic E-state index is 0.430. The van der Waals surface area contributed by atoms with Crippen molar-refractivity contribution in [2.45, 2.75) is 13.8 Å². The third kappa shape index (κ3) is 2.71. The van der Waals surface area contributed by atoms with Gasteiger partial charge in [-0.05, 0) is 55.8 Å². The Morgan fingerprint density at radius 3 is 2.65 bits per heavy atom. The molecule has 0 radical (unpaired) electrons. The molecule has 0 saturated heterocycles. The van der Waals surface area contributed by atoms with Crippen LogP contribution in [-0.2, 0) is 0 Å². The maximum absolute atomic E-state index is 11.8. The molecule has 26 heavy (non-hydrogen) atoms. The second kappa shape index (κ2) is 6.07. The maximum atomic E-state index is 11.8. The zero-order chi connectivity index (χ0) is 18.3. The lowest BCUT2D eigenvalue weighted by atomic mass is 10.1. The molecule has 4 heterocycles. The summed E-state index contributed by atoms with van der Waals surface area (Å²) in [7, 11) is 0. The Morgan fingerprint density at radius 1 is 1.08 bits per heavy atom. The van der Waals surface area contributed by atoms with Gasteiger partial charge in [-0.15, -0.1) is 0 Å². The summed E-state index contributed by atoms with van der Waals surface area (Å²) < 4.78 is 1.80. The average Bonchev–Trinajstić information content (AvgIpc) is 3.05. The van der Waals surface area contributed by atoms with Gasteiger partial charge in [0.2, 0.25) is 5.91 Å². The van der Waals surface area contributed by atoms with Gasteiger partial charge in [0.05, 0.1) is 16.9 Å². The zero-order valence-corrected chi connectivity index (χ0v) is 14.5. The molecule has 0 fully saturated rings. The second-order valence-electron chi connectivity index (χ2n) is 6.21. The van der Waals surface area contributed by atoms with E-state index in [1.165, 1.54) is 0 Å². The molecule has 0 spiro atoms. The van der Waals surface area contributed by atoms with Crippen molar-refractivity contribution in [3.05, 3.63) is 71.7 Å². The van der Waals surface area contributed by atoms with Crippen molar-refractivity contribution in [1.29, 1.82) is 0 Å². The number of pyridine rings is 3. The van der Waals surface area contributed by atoms with E-state index in [-0.39, 0.29) is 0 Å². The molecule has 4 aromatic heterocycles. The van der Waals surface area contributed by atoms with Crippen molar-refractivity contribution < 1.29 is 4.79 Å². The molecule has 0 atom stereocenters. The SMILES string of the molecule is Cc1cccc(-c2cc3cc(C(N)=O)cc(-c4cnccc4C)n3n2)n1. The van der Waals surface area contributed by atoms with Crippen LogP contribution in [0, 0.1) is 13.8 Å². The largest absolute Gasteiger partial charge is 0.366 e. The first kappa shape index (κ1) is 16.0. The number of nitrogens with two attached hydrogens (primary N) is 1. The fraction of sp³-hybridized carbons (Fsp3) is 0.100. The van der Waals surface area contributed by atoms with Crippen LogP contribution in [0.25, 0.3) is 28.2 Å². The molecule has 6 nitrogen and oxygen atoms in total. The van der Waals surface area contributed by atoms with E-state index >= 15 is 0 Å². The van der Waals surface area contributed by atoms with Gasteiger partial charge in [0, 0.05) is 29.2 Å². The van der Waals surface area contributed by atoms with Gasteiger partial charge in [-0.3, -0.25) is 14.8 Å². The summed E-state index contributed by atoms with van der Waals surface area (Å²) in [6, 6.07) is 13.1. The Kier molecular flexibility index (Phi) is 3.73. The first-order chi connectivity index (χ1) is 12.5. The normalized spacial score (nSPS) is 11.0. The van der Waals surface area contributed by atoms with Crippen LogP contribution in [0.1, 0.15) is 21.6 Å². The average molecular weight is 343 g/mol. The number of primary amides is 1. The second-order valence-corrected chi connectivity index (χ2v) is 6.21. The van der Waals surface area contributed by atoms with Gasteiger partial charge in [0.25, 0.3) is 0 Å². The molecule has 4 rings (SSSR count). The summed E-state index contributed by atoms with van der Waals surface area (Å²) in [5, 5.41) is 4.72. The predicted molar refractivity (Wildman–Crippen MR) is 99.6 cm³/mol. The van der Waals surface area contributed by atoms with Crippen LogP contribution < -0.4 is 5.73 Å². The van der Waals surface area contributed by atoms with Gasteiger partial charge in [-0.2, -0.15) is 5.10 Å². The highest BCUT2D eigenvalue weighted by Crippen LogP contribution is 2.27. The Labute approximate surface area is 150 Å². The number of amides is 1. The first-order valence-corrected chi connectivity index (χ1v) is 8.21. The lowest BCUT2D eigenvalue weighted by molar-refractivity contribution is 0.100. The molecular formula is C20H17N5O. The van der Waals surface area contributed by atoms with Crippen molar-refractivity contribution in [3.63, 3.8) is 0 Å². The summed E-state index contributed by atoms with van der Waals surface area (Å²) in [5.41, 5.74) is 11.9. The first-order valence-electron chi connectivity index (χ1n) is 8.21. The summed E-state index contributed by atoms with van der Waals surface area (Å²) >= 11 is 0. The number of rotatable bonds is 3. The molecule has 2 N–H and O–H groups in total. The fourth-order valence-corrected chi connectivity index (χ4v) is 2.98. The molecule has 0 saturated carbocycles. The van der Waals surface area contributed by atoms with Crippen LogP contribution in [-0.4, -0.2) is 25.5 Å². The lowest BCUT2D eigenvalue weighted by Gasteiger charge is -2.09.